The molecule has 0 fully saturated rings. The Morgan fingerprint density at radius 1 is 1.25 bits per heavy atom. The summed E-state index contributed by atoms with van der Waals surface area (Å²) >= 11 is 11.7. The molecule has 2 atom stereocenters. The highest BCUT2D eigenvalue weighted by Crippen LogP contribution is 2.26. The second kappa shape index (κ2) is 9.42. The Morgan fingerprint density at radius 3 is 2.65 bits per heavy atom. The maximum absolute atomic E-state index is 9.79. The van der Waals surface area contributed by atoms with E-state index in [1.807, 2.05) is 13.8 Å². The number of halogens is 2. The fourth-order valence-corrected chi connectivity index (χ4v) is 1.90. The van der Waals surface area contributed by atoms with E-state index in [1.54, 1.807) is 18.2 Å². The highest BCUT2D eigenvalue weighted by Gasteiger charge is 2.07. The molecule has 0 radical (unpaired) electrons. The van der Waals surface area contributed by atoms with Crippen molar-refractivity contribution >= 4 is 23.2 Å². The van der Waals surface area contributed by atoms with Crippen molar-refractivity contribution in [2.75, 3.05) is 26.3 Å². The van der Waals surface area contributed by atoms with E-state index in [4.69, 9.17) is 32.7 Å². The molecule has 1 aromatic carbocycles. The van der Waals surface area contributed by atoms with Gasteiger partial charge < -0.3 is 19.9 Å². The number of benzene rings is 1. The van der Waals surface area contributed by atoms with Crippen LogP contribution in [0.4, 0.5) is 0 Å². The maximum atomic E-state index is 9.79. The summed E-state index contributed by atoms with van der Waals surface area (Å²) in [6.45, 7) is 5.95. The van der Waals surface area contributed by atoms with Crippen molar-refractivity contribution in [1.29, 1.82) is 0 Å². The molecule has 0 bridgehead atoms. The molecule has 1 rings (SSSR count). The van der Waals surface area contributed by atoms with E-state index in [2.05, 4.69) is 5.32 Å². The van der Waals surface area contributed by atoms with Crippen LogP contribution in [0.3, 0.4) is 0 Å². The minimum atomic E-state index is -0.599. The SMILES string of the molecule is CCOC(C)CNCC(O)COc1ccc(Cl)c(Cl)c1. The quantitative estimate of drug-likeness (QED) is 0.734. The van der Waals surface area contributed by atoms with E-state index in [1.165, 1.54) is 0 Å². The smallest absolute Gasteiger partial charge is 0.121 e. The highest BCUT2D eigenvalue weighted by molar-refractivity contribution is 6.42. The lowest BCUT2D eigenvalue weighted by Crippen LogP contribution is -2.35. The molecular weight excluding hydrogens is 301 g/mol. The summed E-state index contributed by atoms with van der Waals surface area (Å²) in [6, 6.07) is 5.00. The molecule has 0 saturated heterocycles. The van der Waals surface area contributed by atoms with Crippen LogP contribution in [0.2, 0.25) is 10.0 Å². The third-order valence-electron chi connectivity index (χ3n) is 2.60. The van der Waals surface area contributed by atoms with Crippen LogP contribution in [0.25, 0.3) is 0 Å². The first-order valence-electron chi connectivity index (χ1n) is 6.61. The zero-order valence-electron chi connectivity index (χ0n) is 11.7. The number of rotatable bonds is 9. The van der Waals surface area contributed by atoms with Gasteiger partial charge in [0.05, 0.1) is 16.1 Å². The van der Waals surface area contributed by atoms with E-state index in [-0.39, 0.29) is 12.7 Å². The number of nitrogens with one attached hydrogen (secondary N) is 1. The Kier molecular flexibility index (Phi) is 8.26. The van der Waals surface area contributed by atoms with E-state index >= 15 is 0 Å². The van der Waals surface area contributed by atoms with Gasteiger partial charge >= 0.3 is 0 Å². The van der Waals surface area contributed by atoms with Crippen LogP contribution in [0.1, 0.15) is 13.8 Å². The zero-order valence-corrected chi connectivity index (χ0v) is 13.2. The number of hydrogen-bond donors (Lipinski definition) is 2. The van der Waals surface area contributed by atoms with Gasteiger partial charge in [0.1, 0.15) is 18.5 Å². The summed E-state index contributed by atoms with van der Waals surface area (Å²) in [7, 11) is 0. The molecule has 20 heavy (non-hydrogen) atoms. The molecule has 0 spiro atoms. The van der Waals surface area contributed by atoms with Crippen LogP contribution in [-0.2, 0) is 4.74 Å². The van der Waals surface area contributed by atoms with Crippen LogP contribution < -0.4 is 10.1 Å². The minimum absolute atomic E-state index is 0.128. The van der Waals surface area contributed by atoms with Gasteiger partial charge in [0.2, 0.25) is 0 Å². The van der Waals surface area contributed by atoms with E-state index in [0.717, 1.165) is 0 Å². The first-order valence-corrected chi connectivity index (χ1v) is 7.36. The van der Waals surface area contributed by atoms with Crippen molar-refractivity contribution in [1.82, 2.24) is 5.32 Å². The zero-order chi connectivity index (χ0) is 15.0. The molecule has 114 valence electrons. The van der Waals surface area contributed by atoms with Crippen molar-refractivity contribution in [3.63, 3.8) is 0 Å². The molecule has 0 aromatic heterocycles. The molecule has 1 aromatic rings. The first-order chi connectivity index (χ1) is 9.52. The molecule has 0 aliphatic rings. The largest absolute Gasteiger partial charge is 0.491 e. The maximum Gasteiger partial charge on any atom is 0.121 e. The van der Waals surface area contributed by atoms with Gasteiger partial charge in [0.15, 0.2) is 0 Å². The van der Waals surface area contributed by atoms with E-state index < -0.39 is 6.10 Å². The summed E-state index contributed by atoms with van der Waals surface area (Å²) in [4.78, 5) is 0. The highest BCUT2D eigenvalue weighted by atomic mass is 35.5. The van der Waals surface area contributed by atoms with E-state index in [0.29, 0.717) is 35.5 Å². The molecular formula is C14H21Cl2NO3. The fraction of sp³-hybridized carbons (Fsp3) is 0.571. The van der Waals surface area contributed by atoms with Crippen molar-refractivity contribution in [2.45, 2.75) is 26.1 Å². The van der Waals surface area contributed by atoms with Gasteiger partial charge in [-0.05, 0) is 26.0 Å². The Labute approximate surface area is 130 Å². The fourth-order valence-electron chi connectivity index (χ4n) is 1.61. The van der Waals surface area contributed by atoms with Crippen LogP contribution in [0, 0.1) is 0 Å². The number of ether oxygens (including phenoxy) is 2. The van der Waals surface area contributed by atoms with Crippen molar-refractivity contribution in [3.05, 3.63) is 28.2 Å². The number of aliphatic hydroxyl groups excluding tert-OH is 1. The summed E-state index contributed by atoms with van der Waals surface area (Å²) in [5, 5.41) is 13.8. The van der Waals surface area contributed by atoms with Gasteiger partial charge in [0, 0.05) is 25.8 Å². The molecule has 6 heteroatoms. The second-order valence-electron chi connectivity index (χ2n) is 4.46. The first kappa shape index (κ1) is 17.5. The normalized spacial score (nSPS) is 14.1. The lowest BCUT2D eigenvalue weighted by molar-refractivity contribution is 0.0672. The summed E-state index contributed by atoms with van der Waals surface area (Å²) < 4.78 is 10.8. The third kappa shape index (κ3) is 6.77. The number of aliphatic hydroxyl groups is 1. The van der Waals surface area contributed by atoms with Gasteiger partial charge in [0.25, 0.3) is 0 Å². The molecule has 0 saturated carbocycles. The molecule has 0 aliphatic heterocycles. The Morgan fingerprint density at radius 2 is 2.00 bits per heavy atom. The molecule has 4 nitrogen and oxygen atoms in total. The Balaban J connectivity index is 2.22. The minimum Gasteiger partial charge on any atom is -0.491 e. The Hall–Kier alpha value is -0.520. The lowest BCUT2D eigenvalue weighted by atomic mass is 10.3. The van der Waals surface area contributed by atoms with Crippen molar-refractivity contribution in [2.24, 2.45) is 0 Å². The molecule has 2 N–H and O–H groups in total. The predicted molar refractivity (Wildman–Crippen MR) is 81.9 cm³/mol. The van der Waals surface area contributed by atoms with Gasteiger partial charge in [-0.25, -0.2) is 0 Å². The molecule has 0 heterocycles. The van der Waals surface area contributed by atoms with Gasteiger partial charge in [-0.2, -0.15) is 0 Å². The van der Waals surface area contributed by atoms with Gasteiger partial charge in [-0.1, -0.05) is 23.2 Å². The monoisotopic (exact) mass is 321 g/mol. The average Bonchev–Trinajstić information content (AvgIpc) is 2.40. The standard InChI is InChI=1S/C14H21Cl2NO3/c1-3-19-10(2)7-17-8-11(18)9-20-12-4-5-13(15)14(16)6-12/h4-6,10-11,17-18H,3,7-9H2,1-2H3. The third-order valence-corrected chi connectivity index (χ3v) is 3.34. The van der Waals surface area contributed by atoms with Crippen LogP contribution in [0.5, 0.6) is 5.75 Å². The molecule has 2 unspecified atom stereocenters. The second-order valence-corrected chi connectivity index (χ2v) is 5.28. The van der Waals surface area contributed by atoms with Crippen molar-refractivity contribution in [3.8, 4) is 5.75 Å². The van der Waals surface area contributed by atoms with Crippen LogP contribution in [0.15, 0.2) is 18.2 Å². The topological polar surface area (TPSA) is 50.7 Å². The summed E-state index contributed by atoms with van der Waals surface area (Å²) in [5.74, 6) is 0.584. The van der Waals surface area contributed by atoms with Crippen molar-refractivity contribution < 1.29 is 14.6 Å². The molecule has 0 aliphatic carbocycles. The lowest BCUT2D eigenvalue weighted by Gasteiger charge is -2.16. The predicted octanol–water partition coefficient (Wildman–Crippen LogP) is 2.75. The van der Waals surface area contributed by atoms with Crippen LogP contribution in [-0.4, -0.2) is 43.6 Å². The van der Waals surface area contributed by atoms with Gasteiger partial charge in [-0.3, -0.25) is 0 Å². The van der Waals surface area contributed by atoms with Crippen LogP contribution >= 0.6 is 23.2 Å². The summed E-state index contributed by atoms with van der Waals surface area (Å²) in [6.07, 6.45) is -0.471. The van der Waals surface area contributed by atoms with Gasteiger partial charge in [-0.15, -0.1) is 0 Å². The number of hydrogen-bond acceptors (Lipinski definition) is 4. The van der Waals surface area contributed by atoms with E-state index in [9.17, 15) is 5.11 Å². The summed E-state index contributed by atoms with van der Waals surface area (Å²) in [5.41, 5.74) is 0. The Bertz CT molecular complexity index is 404. The average molecular weight is 322 g/mol. The molecule has 0 amide bonds.